The summed E-state index contributed by atoms with van der Waals surface area (Å²) in [7, 11) is 0. The Hall–Kier alpha value is -7.20. The van der Waals surface area contributed by atoms with Crippen LogP contribution >= 0.6 is 11.3 Å². The van der Waals surface area contributed by atoms with Crippen LogP contribution in [0.3, 0.4) is 0 Å². The fourth-order valence-corrected chi connectivity index (χ4v) is 9.62. The fraction of sp³-hybridized carbons (Fsp3) is 0. The molecule has 0 bridgehead atoms. The van der Waals surface area contributed by atoms with Gasteiger partial charge in [-0.1, -0.05) is 158 Å². The van der Waals surface area contributed by atoms with Crippen molar-refractivity contribution in [1.82, 2.24) is 0 Å². The lowest BCUT2D eigenvalue weighted by atomic mass is 9.86. The van der Waals surface area contributed by atoms with E-state index in [0.29, 0.717) is 0 Å². The molecule has 0 aliphatic rings. The van der Waals surface area contributed by atoms with Crippen LogP contribution in [0, 0.1) is 0 Å². The van der Waals surface area contributed by atoms with Crippen molar-refractivity contribution in [1.29, 1.82) is 0 Å². The first-order chi connectivity index (χ1) is 28.3. The van der Waals surface area contributed by atoms with Gasteiger partial charge in [0.2, 0.25) is 0 Å². The summed E-state index contributed by atoms with van der Waals surface area (Å²) in [5.41, 5.74) is 14.5. The molecule has 2 heterocycles. The Balaban J connectivity index is 1.18. The third kappa shape index (κ3) is 5.71. The molecule has 0 saturated carbocycles. The summed E-state index contributed by atoms with van der Waals surface area (Å²) in [4.78, 5) is 2.39. The summed E-state index contributed by atoms with van der Waals surface area (Å²) in [6, 6.07) is 76.4. The minimum Gasteiger partial charge on any atom is -0.456 e. The maximum absolute atomic E-state index is 6.49. The van der Waals surface area contributed by atoms with Crippen molar-refractivity contribution >= 4 is 70.5 Å². The lowest BCUT2D eigenvalue weighted by Gasteiger charge is -2.29. The van der Waals surface area contributed by atoms with Gasteiger partial charge in [0, 0.05) is 53.9 Å². The van der Waals surface area contributed by atoms with E-state index < -0.39 is 0 Å². The van der Waals surface area contributed by atoms with Gasteiger partial charge in [-0.2, -0.15) is 0 Å². The molecule has 2 aromatic heterocycles. The third-order valence-electron chi connectivity index (χ3n) is 11.1. The van der Waals surface area contributed by atoms with Crippen molar-refractivity contribution in [3.63, 3.8) is 0 Å². The van der Waals surface area contributed by atoms with E-state index in [9.17, 15) is 0 Å². The number of thiophene rings is 1. The van der Waals surface area contributed by atoms with E-state index in [0.717, 1.165) is 44.6 Å². The molecule has 0 radical (unpaired) electrons. The molecule has 268 valence electrons. The molecule has 0 atom stereocenters. The smallest absolute Gasteiger partial charge is 0.137 e. The van der Waals surface area contributed by atoms with E-state index in [1.807, 2.05) is 23.5 Å². The predicted octanol–water partition coefficient (Wildman–Crippen LogP) is 16.1. The van der Waals surface area contributed by atoms with E-state index in [2.05, 4.69) is 205 Å². The minimum atomic E-state index is 0.862. The standard InChI is InChI=1S/C54H35NOS/c1-3-15-36(16-4-1)37-27-29-39(30-28-37)55(40-31-32-44-43-21-10-13-25-49(43)56-50(44)35-40)48-24-12-9-20-42(48)46-33-34-52-54(47-23-11-14-26-51(47)57-52)53(46)45-22-8-7-19-41(45)38-17-5-2-6-18-38/h1-35H. The Morgan fingerprint density at radius 3 is 1.75 bits per heavy atom. The van der Waals surface area contributed by atoms with Gasteiger partial charge in [-0.3, -0.25) is 0 Å². The highest BCUT2D eigenvalue weighted by Crippen LogP contribution is 2.50. The Morgan fingerprint density at radius 2 is 0.947 bits per heavy atom. The van der Waals surface area contributed by atoms with Crippen molar-refractivity contribution in [2.45, 2.75) is 0 Å². The Labute approximate surface area is 335 Å². The van der Waals surface area contributed by atoms with Crippen LogP contribution in [0.4, 0.5) is 17.1 Å². The molecule has 0 N–H and O–H groups in total. The highest BCUT2D eigenvalue weighted by atomic mass is 32.1. The first-order valence-electron chi connectivity index (χ1n) is 19.3. The van der Waals surface area contributed by atoms with E-state index in [4.69, 9.17) is 4.42 Å². The Kier molecular flexibility index (Phi) is 8.04. The van der Waals surface area contributed by atoms with Crippen LogP contribution in [0.15, 0.2) is 217 Å². The van der Waals surface area contributed by atoms with Gasteiger partial charge in [0.25, 0.3) is 0 Å². The number of anilines is 3. The molecule has 0 fully saturated rings. The maximum atomic E-state index is 6.49. The Bertz CT molecular complexity index is 3230. The van der Waals surface area contributed by atoms with Crippen molar-refractivity contribution in [3.05, 3.63) is 212 Å². The minimum absolute atomic E-state index is 0.862. The zero-order chi connectivity index (χ0) is 37.7. The monoisotopic (exact) mass is 745 g/mol. The van der Waals surface area contributed by atoms with Crippen molar-refractivity contribution in [2.24, 2.45) is 0 Å². The number of benzene rings is 9. The van der Waals surface area contributed by atoms with E-state index in [1.54, 1.807) is 0 Å². The quantitative estimate of drug-likeness (QED) is 0.162. The van der Waals surface area contributed by atoms with Crippen LogP contribution in [0.5, 0.6) is 0 Å². The van der Waals surface area contributed by atoms with Crippen LogP contribution < -0.4 is 4.90 Å². The number of para-hydroxylation sites is 2. The van der Waals surface area contributed by atoms with E-state index in [1.165, 1.54) is 59.1 Å². The number of fused-ring (bicyclic) bond motifs is 6. The van der Waals surface area contributed by atoms with Gasteiger partial charge >= 0.3 is 0 Å². The molecule has 0 aliphatic heterocycles. The molecule has 9 aromatic carbocycles. The van der Waals surface area contributed by atoms with Crippen molar-refractivity contribution in [3.8, 4) is 44.5 Å². The number of hydrogen-bond acceptors (Lipinski definition) is 3. The van der Waals surface area contributed by atoms with Gasteiger partial charge in [-0.15, -0.1) is 11.3 Å². The molecule has 0 saturated heterocycles. The fourth-order valence-electron chi connectivity index (χ4n) is 8.50. The maximum Gasteiger partial charge on any atom is 0.137 e. The molecule has 11 aromatic rings. The van der Waals surface area contributed by atoms with Crippen molar-refractivity contribution < 1.29 is 4.42 Å². The van der Waals surface area contributed by atoms with E-state index in [-0.39, 0.29) is 0 Å². The number of furan rings is 1. The second-order valence-corrected chi connectivity index (χ2v) is 15.5. The SMILES string of the molecule is c1ccc(-c2ccc(N(c3ccc4c(c3)oc3ccccc34)c3ccccc3-c3ccc4sc5ccccc5c4c3-c3ccccc3-c3ccccc3)cc2)cc1. The molecule has 57 heavy (non-hydrogen) atoms. The number of hydrogen-bond donors (Lipinski definition) is 0. The zero-order valence-electron chi connectivity index (χ0n) is 31.0. The highest BCUT2D eigenvalue weighted by Gasteiger charge is 2.24. The molecule has 3 heteroatoms. The summed E-state index contributed by atoms with van der Waals surface area (Å²) < 4.78 is 9.06. The summed E-state index contributed by atoms with van der Waals surface area (Å²) in [6.45, 7) is 0. The molecule has 2 nitrogen and oxygen atoms in total. The second-order valence-electron chi connectivity index (χ2n) is 14.4. The lowest BCUT2D eigenvalue weighted by molar-refractivity contribution is 0.669. The number of nitrogens with zero attached hydrogens (tertiary/aromatic N) is 1. The summed E-state index contributed by atoms with van der Waals surface area (Å²) in [5.74, 6) is 0. The van der Waals surface area contributed by atoms with Crippen LogP contribution in [-0.4, -0.2) is 0 Å². The van der Waals surface area contributed by atoms with Gasteiger partial charge < -0.3 is 9.32 Å². The molecular weight excluding hydrogens is 711 g/mol. The van der Waals surface area contributed by atoms with Gasteiger partial charge in [0.15, 0.2) is 0 Å². The van der Waals surface area contributed by atoms with Crippen LogP contribution in [0.2, 0.25) is 0 Å². The van der Waals surface area contributed by atoms with Crippen molar-refractivity contribution in [2.75, 3.05) is 4.90 Å². The van der Waals surface area contributed by atoms with Gasteiger partial charge in [-0.05, 0) is 87.5 Å². The first kappa shape index (κ1) is 33.2. The summed E-state index contributed by atoms with van der Waals surface area (Å²) in [6.07, 6.45) is 0. The summed E-state index contributed by atoms with van der Waals surface area (Å²) >= 11 is 1.86. The van der Waals surface area contributed by atoms with Crippen LogP contribution in [0.25, 0.3) is 86.6 Å². The highest BCUT2D eigenvalue weighted by molar-refractivity contribution is 7.26. The average molecular weight is 746 g/mol. The molecular formula is C54H35NOS. The molecule has 0 unspecified atom stereocenters. The second kappa shape index (κ2) is 13.8. The largest absolute Gasteiger partial charge is 0.456 e. The normalized spacial score (nSPS) is 11.5. The molecule has 0 amide bonds. The molecule has 0 spiro atoms. The van der Waals surface area contributed by atoms with Gasteiger partial charge in [0.1, 0.15) is 11.2 Å². The number of rotatable bonds is 7. The first-order valence-corrected chi connectivity index (χ1v) is 20.2. The van der Waals surface area contributed by atoms with E-state index >= 15 is 0 Å². The van der Waals surface area contributed by atoms with Gasteiger partial charge in [-0.25, -0.2) is 0 Å². The third-order valence-corrected chi connectivity index (χ3v) is 12.2. The Morgan fingerprint density at radius 1 is 0.351 bits per heavy atom. The van der Waals surface area contributed by atoms with Crippen LogP contribution in [-0.2, 0) is 0 Å². The van der Waals surface area contributed by atoms with Gasteiger partial charge in [0.05, 0.1) is 5.69 Å². The molecule has 11 rings (SSSR count). The lowest BCUT2D eigenvalue weighted by Crippen LogP contribution is -2.11. The zero-order valence-corrected chi connectivity index (χ0v) is 31.8. The predicted molar refractivity (Wildman–Crippen MR) is 243 cm³/mol. The molecule has 0 aliphatic carbocycles. The summed E-state index contributed by atoms with van der Waals surface area (Å²) in [5, 5.41) is 4.79. The topological polar surface area (TPSA) is 16.4 Å². The van der Waals surface area contributed by atoms with Crippen LogP contribution in [0.1, 0.15) is 0 Å². The average Bonchev–Trinajstić information content (AvgIpc) is 3.85.